The molecule has 3 aromatic rings. The van der Waals surface area contributed by atoms with Crippen molar-refractivity contribution in [2.45, 2.75) is 12.6 Å². The van der Waals surface area contributed by atoms with Gasteiger partial charge in [-0.15, -0.1) is 23.1 Å². The molecule has 10 heteroatoms. The van der Waals surface area contributed by atoms with Gasteiger partial charge in [-0.2, -0.15) is 0 Å². The summed E-state index contributed by atoms with van der Waals surface area (Å²) in [7, 11) is 0. The molecule has 8 nitrogen and oxygen atoms in total. The summed E-state index contributed by atoms with van der Waals surface area (Å²) >= 11 is 2.79. The van der Waals surface area contributed by atoms with Gasteiger partial charge in [0.25, 0.3) is 5.69 Å². The van der Waals surface area contributed by atoms with Crippen LogP contribution in [0.4, 0.5) is 5.69 Å². The fourth-order valence-electron chi connectivity index (χ4n) is 2.68. The number of hydrogen-bond acceptors (Lipinski definition) is 8. The lowest BCUT2D eigenvalue weighted by molar-refractivity contribution is -0.385. The van der Waals surface area contributed by atoms with Crippen molar-refractivity contribution in [2.24, 2.45) is 4.99 Å². The van der Waals surface area contributed by atoms with Crippen molar-refractivity contribution in [1.82, 2.24) is 4.98 Å². The zero-order valence-corrected chi connectivity index (χ0v) is 15.9. The Hall–Kier alpha value is -2.98. The minimum absolute atomic E-state index is 0.0212. The van der Waals surface area contributed by atoms with E-state index in [0.717, 1.165) is 10.2 Å². The molecule has 142 valence electrons. The van der Waals surface area contributed by atoms with Gasteiger partial charge in [0.1, 0.15) is 22.4 Å². The predicted molar refractivity (Wildman–Crippen MR) is 107 cm³/mol. The summed E-state index contributed by atoms with van der Waals surface area (Å²) in [5.74, 6) is 0.0460. The van der Waals surface area contributed by atoms with Crippen LogP contribution in [0.25, 0.3) is 10.2 Å². The van der Waals surface area contributed by atoms with E-state index in [-0.39, 0.29) is 12.3 Å². The number of nitro benzene ring substituents is 1. The van der Waals surface area contributed by atoms with E-state index in [0.29, 0.717) is 27.1 Å². The molecule has 0 bridgehead atoms. The summed E-state index contributed by atoms with van der Waals surface area (Å²) in [6.45, 7) is 0.0805. The highest BCUT2D eigenvalue weighted by Gasteiger charge is 2.26. The fourth-order valence-corrected chi connectivity index (χ4v) is 4.77. The molecule has 0 saturated carbocycles. The summed E-state index contributed by atoms with van der Waals surface area (Å²) in [6, 6.07) is 11.1. The normalized spacial score (nSPS) is 16.1. The van der Waals surface area contributed by atoms with E-state index in [9.17, 15) is 14.9 Å². The molecule has 1 aliphatic rings. The van der Waals surface area contributed by atoms with Crippen molar-refractivity contribution in [3.05, 3.63) is 63.1 Å². The number of hydrogen-bond donors (Lipinski definition) is 1. The smallest absolute Gasteiger partial charge is 0.329 e. The third-order valence-corrected chi connectivity index (χ3v) is 6.27. The first-order valence-corrected chi connectivity index (χ1v) is 10.0. The Labute approximate surface area is 167 Å². The summed E-state index contributed by atoms with van der Waals surface area (Å²) in [5, 5.41) is 21.5. The number of aliphatic carboxylic acids is 1. The number of thioether (sulfide) groups is 1. The Morgan fingerprint density at radius 1 is 1.32 bits per heavy atom. The van der Waals surface area contributed by atoms with Crippen LogP contribution in [0, 0.1) is 10.1 Å². The monoisotopic (exact) mass is 415 g/mol. The maximum absolute atomic E-state index is 11.1. The number of nitro groups is 1. The van der Waals surface area contributed by atoms with E-state index in [1.807, 2.05) is 6.07 Å². The molecule has 1 N–H and O–H groups in total. The maximum Gasteiger partial charge on any atom is 0.329 e. The average Bonchev–Trinajstić information content (AvgIpc) is 3.33. The third kappa shape index (κ3) is 3.69. The van der Waals surface area contributed by atoms with Crippen molar-refractivity contribution in [3.63, 3.8) is 0 Å². The standard InChI is InChI=1S/C18H13N3O5S2/c22-18(23)13-9-27-16(20-13)17-19-12-6-5-11(7-15(12)28-17)26-8-10-3-1-2-4-14(10)21(24)25/h1-7,13H,8-9H2,(H,22,23)/t13-/m1/s1. The number of aliphatic imine (C=N–C) groups is 1. The summed E-state index contributed by atoms with van der Waals surface area (Å²) in [4.78, 5) is 30.4. The molecule has 0 spiro atoms. The number of carboxylic acid groups (broad SMARTS) is 1. The second-order valence-corrected chi connectivity index (χ2v) is 7.96. The van der Waals surface area contributed by atoms with Gasteiger partial charge >= 0.3 is 5.97 Å². The molecule has 28 heavy (non-hydrogen) atoms. The molecule has 1 aromatic heterocycles. The van der Waals surface area contributed by atoms with Crippen LogP contribution in [0.1, 0.15) is 10.6 Å². The van der Waals surface area contributed by atoms with Crippen LogP contribution < -0.4 is 4.74 Å². The van der Waals surface area contributed by atoms with Crippen LogP contribution in [0.2, 0.25) is 0 Å². The van der Waals surface area contributed by atoms with Crippen LogP contribution in [0.5, 0.6) is 5.75 Å². The van der Waals surface area contributed by atoms with E-state index in [1.165, 1.54) is 29.2 Å². The quantitative estimate of drug-likeness (QED) is 0.482. The van der Waals surface area contributed by atoms with E-state index < -0.39 is 16.9 Å². The Balaban J connectivity index is 1.54. The molecule has 0 radical (unpaired) electrons. The number of carbonyl (C=O) groups is 1. The molecule has 0 fully saturated rings. The van der Waals surface area contributed by atoms with Gasteiger partial charge in [-0.25, -0.2) is 9.78 Å². The van der Waals surface area contributed by atoms with Crippen molar-refractivity contribution in [1.29, 1.82) is 0 Å². The summed E-state index contributed by atoms with van der Waals surface area (Å²) in [6.07, 6.45) is 0. The second-order valence-electron chi connectivity index (χ2n) is 5.92. The topological polar surface area (TPSA) is 115 Å². The number of benzene rings is 2. The zero-order chi connectivity index (χ0) is 19.7. The first-order chi connectivity index (χ1) is 13.5. The largest absolute Gasteiger partial charge is 0.489 e. The maximum atomic E-state index is 11.1. The Morgan fingerprint density at radius 2 is 2.14 bits per heavy atom. The van der Waals surface area contributed by atoms with Gasteiger partial charge < -0.3 is 9.84 Å². The van der Waals surface area contributed by atoms with Crippen LogP contribution in [-0.2, 0) is 11.4 Å². The molecule has 4 rings (SSSR count). The molecule has 2 heterocycles. The fraction of sp³-hybridized carbons (Fsp3) is 0.167. The average molecular weight is 415 g/mol. The predicted octanol–water partition coefficient (Wildman–Crippen LogP) is 3.73. The van der Waals surface area contributed by atoms with E-state index in [4.69, 9.17) is 9.84 Å². The molecular formula is C18H13N3O5S2. The Bertz CT molecular complexity index is 1110. The van der Waals surface area contributed by atoms with Crippen molar-refractivity contribution in [2.75, 3.05) is 5.75 Å². The van der Waals surface area contributed by atoms with E-state index >= 15 is 0 Å². The van der Waals surface area contributed by atoms with Crippen LogP contribution in [0.3, 0.4) is 0 Å². The third-order valence-electron chi connectivity index (χ3n) is 4.06. The van der Waals surface area contributed by atoms with Crippen LogP contribution in [-0.4, -0.2) is 37.8 Å². The van der Waals surface area contributed by atoms with Gasteiger partial charge in [-0.1, -0.05) is 12.1 Å². The van der Waals surface area contributed by atoms with Crippen molar-refractivity contribution >= 4 is 50.0 Å². The SMILES string of the molecule is O=C(O)[C@H]1CSC(c2nc3ccc(OCc4ccccc4[N+](=O)[O-])cc3s2)=N1. The van der Waals surface area contributed by atoms with Gasteiger partial charge in [-0.05, 0) is 24.3 Å². The number of fused-ring (bicyclic) bond motifs is 1. The first kappa shape index (κ1) is 18.4. The lowest BCUT2D eigenvalue weighted by atomic mass is 10.2. The number of rotatable bonds is 6. The molecule has 2 aromatic carbocycles. The minimum atomic E-state index is -0.936. The highest BCUT2D eigenvalue weighted by molar-refractivity contribution is 8.15. The van der Waals surface area contributed by atoms with Gasteiger partial charge in [0.2, 0.25) is 0 Å². The van der Waals surface area contributed by atoms with E-state index in [1.54, 1.807) is 30.3 Å². The van der Waals surface area contributed by atoms with Gasteiger partial charge in [0, 0.05) is 11.8 Å². The van der Waals surface area contributed by atoms with Crippen molar-refractivity contribution < 1.29 is 19.6 Å². The summed E-state index contributed by atoms with van der Waals surface area (Å²) < 4.78 is 6.61. The number of ether oxygens (including phenoxy) is 1. The van der Waals surface area contributed by atoms with Crippen LogP contribution in [0.15, 0.2) is 47.5 Å². The van der Waals surface area contributed by atoms with Gasteiger partial charge in [0.15, 0.2) is 6.04 Å². The number of nitrogens with zero attached hydrogens (tertiary/aromatic N) is 3. The highest BCUT2D eigenvalue weighted by Crippen LogP contribution is 2.32. The first-order valence-electron chi connectivity index (χ1n) is 8.21. The number of para-hydroxylation sites is 1. The zero-order valence-electron chi connectivity index (χ0n) is 14.3. The Kier molecular flexibility index (Phi) is 4.97. The lowest BCUT2D eigenvalue weighted by Gasteiger charge is -2.06. The van der Waals surface area contributed by atoms with Gasteiger partial charge in [-0.3, -0.25) is 15.1 Å². The number of thiazole rings is 1. The van der Waals surface area contributed by atoms with E-state index in [2.05, 4.69) is 9.98 Å². The molecular weight excluding hydrogens is 402 g/mol. The Morgan fingerprint density at radius 3 is 2.89 bits per heavy atom. The second kappa shape index (κ2) is 7.56. The number of aromatic nitrogens is 1. The highest BCUT2D eigenvalue weighted by atomic mass is 32.2. The molecule has 0 unspecified atom stereocenters. The molecule has 0 aliphatic carbocycles. The number of carboxylic acids is 1. The molecule has 1 aliphatic heterocycles. The molecule has 1 atom stereocenters. The van der Waals surface area contributed by atoms with Crippen LogP contribution >= 0.6 is 23.1 Å². The van der Waals surface area contributed by atoms with Gasteiger partial charge in [0.05, 0.1) is 20.7 Å². The lowest BCUT2D eigenvalue weighted by Crippen LogP contribution is -2.17. The summed E-state index contributed by atoms with van der Waals surface area (Å²) in [5.41, 5.74) is 1.28. The molecule has 0 amide bonds. The van der Waals surface area contributed by atoms with Crippen molar-refractivity contribution in [3.8, 4) is 5.75 Å². The minimum Gasteiger partial charge on any atom is -0.489 e. The molecule has 0 saturated heterocycles.